The number of ether oxygens (including phenoxy) is 2. The van der Waals surface area contributed by atoms with E-state index in [0.29, 0.717) is 12.2 Å². The highest BCUT2D eigenvalue weighted by Crippen LogP contribution is 2.28. The normalized spacial score (nSPS) is 12.6. The Kier molecular flexibility index (Phi) is 6.30. The summed E-state index contributed by atoms with van der Waals surface area (Å²) in [6, 6.07) is 23.8. The van der Waals surface area contributed by atoms with Gasteiger partial charge in [-0.1, -0.05) is 30.3 Å². The number of methoxy groups -OCH3 is 1. The largest absolute Gasteiger partial charge is 0.496 e. The van der Waals surface area contributed by atoms with Crippen molar-refractivity contribution in [2.24, 2.45) is 0 Å². The zero-order valence-electron chi connectivity index (χ0n) is 19.2. The highest BCUT2D eigenvalue weighted by Gasteiger charge is 2.12. The number of hydrogen-bond donors (Lipinski definition) is 0. The lowest BCUT2D eigenvalue weighted by molar-refractivity contribution is 0.104. The van der Waals surface area contributed by atoms with E-state index in [-0.39, 0.29) is 5.78 Å². The van der Waals surface area contributed by atoms with E-state index in [2.05, 4.69) is 12.1 Å². The summed E-state index contributed by atoms with van der Waals surface area (Å²) in [7, 11) is 1.66. The predicted molar refractivity (Wildman–Crippen MR) is 135 cm³/mol. The van der Waals surface area contributed by atoms with Gasteiger partial charge in [-0.25, -0.2) is 0 Å². The third-order valence-electron chi connectivity index (χ3n) is 6.23. The van der Waals surface area contributed by atoms with Crippen LogP contribution in [-0.4, -0.2) is 17.5 Å². The molecule has 0 radical (unpaired) electrons. The van der Waals surface area contributed by atoms with Crippen LogP contribution in [0.2, 0.25) is 0 Å². The molecule has 0 amide bonds. The molecule has 0 aliphatic heterocycles. The molecule has 0 fully saturated rings. The van der Waals surface area contributed by atoms with Gasteiger partial charge in [0, 0.05) is 29.2 Å². The number of hydrogen-bond acceptors (Lipinski definition) is 3. The van der Waals surface area contributed by atoms with Crippen molar-refractivity contribution in [3.63, 3.8) is 0 Å². The van der Waals surface area contributed by atoms with E-state index in [0.717, 1.165) is 41.2 Å². The minimum absolute atomic E-state index is 0.0410. The first-order valence-electron chi connectivity index (χ1n) is 11.6. The van der Waals surface area contributed by atoms with Crippen molar-refractivity contribution in [1.29, 1.82) is 0 Å². The summed E-state index contributed by atoms with van der Waals surface area (Å²) in [6.45, 7) is 0.399. The molecule has 4 heteroatoms. The Morgan fingerprint density at radius 3 is 2.65 bits per heavy atom. The van der Waals surface area contributed by atoms with Crippen LogP contribution >= 0.6 is 0 Å². The fourth-order valence-corrected chi connectivity index (χ4v) is 4.41. The van der Waals surface area contributed by atoms with E-state index in [1.807, 2.05) is 83.7 Å². The van der Waals surface area contributed by atoms with Gasteiger partial charge in [-0.2, -0.15) is 0 Å². The van der Waals surface area contributed by atoms with Gasteiger partial charge in [0.15, 0.2) is 5.78 Å². The number of allylic oxidation sites excluding steroid dienone is 1. The molecule has 0 N–H and O–H groups in total. The molecule has 1 heterocycles. The number of fused-ring (bicyclic) bond motifs is 1. The zero-order chi connectivity index (χ0) is 23.3. The SMILES string of the molecule is COc1ccc(/C=C/C(=O)c2cccc(-n3cccc3)c2)cc1COc1ccc2c(c1)CCC2. The van der Waals surface area contributed by atoms with Crippen molar-refractivity contribution in [3.8, 4) is 17.2 Å². The molecule has 4 aromatic rings. The summed E-state index contributed by atoms with van der Waals surface area (Å²) < 4.78 is 13.6. The van der Waals surface area contributed by atoms with Crippen LogP contribution < -0.4 is 9.47 Å². The minimum atomic E-state index is -0.0410. The average molecular weight is 450 g/mol. The van der Waals surface area contributed by atoms with Crippen molar-refractivity contribution in [2.45, 2.75) is 25.9 Å². The summed E-state index contributed by atoms with van der Waals surface area (Å²) in [5.74, 6) is 1.60. The quantitative estimate of drug-likeness (QED) is 0.229. The number of carbonyl (C=O) groups is 1. The van der Waals surface area contributed by atoms with Crippen LogP contribution in [0.3, 0.4) is 0 Å². The standard InChI is InChI=1S/C30H27NO3/c1-33-30-15-11-22(18-26(30)21-34-28-13-12-23-6-4-7-24(23)20-28)10-14-29(32)25-8-5-9-27(19-25)31-16-2-3-17-31/h2-3,5,8-20H,4,6-7,21H2,1H3/b14-10+. The number of ketones is 1. The fourth-order valence-electron chi connectivity index (χ4n) is 4.41. The molecule has 1 aliphatic rings. The van der Waals surface area contributed by atoms with Crippen molar-refractivity contribution in [2.75, 3.05) is 7.11 Å². The van der Waals surface area contributed by atoms with Gasteiger partial charge in [0.2, 0.25) is 0 Å². The number of aryl methyl sites for hydroxylation is 2. The molecule has 5 rings (SSSR count). The highest BCUT2D eigenvalue weighted by atomic mass is 16.5. The predicted octanol–water partition coefficient (Wildman–Crippen LogP) is 6.45. The summed E-state index contributed by atoms with van der Waals surface area (Å²) in [4.78, 5) is 12.8. The van der Waals surface area contributed by atoms with Gasteiger partial charge in [-0.3, -0.25) is 4.79 Å². The van der Waals surface area contributed by atoms with Crippen molar-refractivity contribution in [3.05, 3.63) is 119 Å². The summed E-state index contributed by atoms with van der Waals surface area (Å²) >= 11 is 0. The molecular formula is C30H27NO3. The van der Waals surface area contributed by atoms with Gasteiger partial charge < -0.3 is 14.0 Å². The fraction of sp³-hybridized carbons (Fsp3) is 0.167. The molecule has 0 bridgehead atoms. The van der Waals surface area contributed by atoms with Crippen LogP contribution in [0.4, 0.5) is 0 Å². The molecule has 0 saturated heterocycles. The smallest absolute Gasteiger partial charge is 0.185 e. The molecule has 34 heavy (non-hydrogen) atoms. The molecule has 0 unspecified atom stereocenters. The lowest BCUT2D eigenvalue weighted by atomic mass is 10.1. The summed E-state index contributed by atoms with van der Waals surface area (Å²) in [5, 5.41) is 0. The molecule has 0 spiro atoms. The van der Waals surface area contributed by atoms with Gasteiger partial charge >= 0.3 is 0 Å². The maximum atomic E-state index is 12.8. The van der Waals surface area contributed by atoms with Crippen molar-refractivity contribution < 1.29 is 14.3 Å². The van der Waals surface area contributed by atoms with E-state index in [4.69, 9.17) is 9.47 Å². The second-order valence-corrected chi connectivity index (χ2v) is 8.48. The third kappa shape index (κ3) is 4.81. The first-order chi connectivity index (χ1) is 16.7. The third-order valence-corrected chi connectivity index (χ3v) is 6.23. The Morgan fingerprint density at radius 1 is 0.941 bits per heavy atom. The number of nitrogens with zero attached hydrogens (tertiary/aromatic N) is 1. The molecule has 4 nitrogen and oxygen atoms in total. The Labute approximate surface area is 200 Å². The number of rotatable bonds is 8. The number of aromatic nitrogens is 1. The maximum absolute atomic E-state index is 12.8. The van der Waals surface area contributed by atoms with Crippen molar-refractivity contribution in [1.82, 2.24) is 4.57 Å². The van der Waals surface area contributed by atoms with Crippen LogP contribution in [0.15, 0.2) is 91.3 Å². The van der Waals surface area contributed by atoms with Gasteiger partial charge in [-0.15, -0.1) is 0 Å². The molecule has 0 saturated carbocycles. The van der Waals surface area contributed by atoms with E-state index < -0.39 is 0 Å². The van der Waals surface area contributed by atoms with Gasteiger partial charge in [0.05, 0.1) is 7.11 Å². The lowest BCUT2D eigenvalue weighted by Crippen LogP contribution is -2.00. The Balaban J connectivity index is 1.30. The molecule has 170 valence electrons. The first-order valence-corrected chi connectivity index (χ1v) is 11.6. The molecule has 3 aromatic carbocycles. The van der Waals surface area contributed by atoms with Gasteiger partial charge in [-0.05, 0) is 90.6 Å². The van der Waals surface area contributed by atoms with Crippen molar-refractivity contribution >= 4 is 11.9 Å². The molecule has 0 atom stereocenters. The Bertz CT molecular complexity index is 1340. The summed E-state index contributed by atoms with van der Waals surface area (Å²) in [6.07, 6.45) is 10.9. The van der Waals surface area contributed by atoms with Gasteiger partial charge in [0.25, 0.3) is 0 Å². The summed E-state index contributed by atoms with van der Waals surface area (Å²) in [5.41, 5.74) is 6.28. The van der Waals surface area contributed by atoms with E-state index >= 15 is 0 Å². The monoisotopic (exact) mass is 449 g/mol. The van der Waals surface area contributed by atoms with E-state index in [1.165, 1.54) is 17.5 Å². The Hall–Kier alpha value is -4.05. The van der Waals surface area contributed by atoms with E-state index in [9.17, 15) is 4.79 Å². The zero-order valence-corrected chi connectivity index (χ0v) is 19.2. The Morgan fingerprint density at radius 2 is 1.79 bits per heavy atom. The second-order valence-electron chi connectivity index (χ2n) is 8.48. The van der Waals surface area contributed by atoms with Crippen LogP contribution in [-0.2, 0) is 19.4 Å². The number of benzene rings is 3. The van der Waals surface area contributed by atoms with Crippen LogP contribution in [0.5, 0.6) is 11.5 Å². The molecule has 1 aromatic heterocycles. The molecular weight excluding hydrogens is 422 g/mol. The minimum Gasteiger partial charge on any atom is -0.496 e. The van der Waals surface area contributed by atoms with Gasteiger partial charge in [0.1, 0.15) is 18.1 Å². The first kappa shape index (κ1) is 21.8. The number of carbonyl (C=O) groups excluding carboxylic acids is 1. The molecule has 1 aliphatic carbocycles. The second kappa shape index (κ2) is 9.84. The average Bonchev–Trinajstić information content (AvgIpc) is 3.58. The van der Waals surface area contributed by atoms with Crippen LogP contribution in [0.1, 0.15) is 39.0 Å². The maximum Gasteiger partial charge on any atom is 0.185 e. The van der Waals surface area contributed by atoms with Crippen LogP contribution in [0.25, 0.3) is 11.8 Å². The van der Waals surface area contributed by atoms with E-state index in [1.54, 1.807) is 13.2 Å². The lowest BCUT2D eigenvalue weighted by Gasteiger charge is -2.12. The topological polar surface area (TPSA) is 40.5 Å². The highest BCUT2D eigenvalue weighted by molar-refractivity contribution is 6.07. The van der Waals surface area contributed by atoms with Crippen LogP contribution in [0, 0.1) is 0 Å².